The first kappa shape index (κ1) is 22.4. The van der Waals surface area contributed by atoms with Crippen molar-refractivity contribution in [1.29, 1.82) is 0 Å². The molecule has 2 aromatic rings. The van der Waals surface area contributed by atoms with Crippen LogP contribution in [-0.4, -0.2) is 45.9 Å². The number of rotatable bonds is 7. The van der Waals surface area contributed by atoms with Crippen LogP contribution >= 0.6 is 27.5 Å². The quantitative estimate of drug-likeness (QED) is 0.604. The van der Waals surface area contributed by atoms with Crippen molar-refractivity contribution in [3.05, 3.63) is 63.1 Å². The van der Waals surface area contributed by atoms with Gasteiger partial charge in [0.05, 0.1) is 15.5 Å². The maximum absolute atomic E-state index is 12.3. The summed E-state index contributed by atoms with van der Waals surface area (Å²) < 4.78 is 31.8. The van der Waals surface area contributed by atoms with E-state index >= 15 is 0 Å². The van der Waals surface area contributed by atoms with Crippen LogP contribution in [0.25, 0.3) is 0 Å². The van der Waals surface area contributed by atoms with Crippen molar-refractivity contribution in [1.82, 2.24) is 9.62 Å². The number of nitrogens with one attached hydrogen (secondary N) is 1. The number of sulfonamides is 1. The first-order chi connectivity index (χ1) is 13.2. The number of hydrogen-bond donors (Lipinski definition) is 1. The van der Waals surface area contributed by atoms with Gasteiger partial charge in [-0.3, -0.25) is 4.79 Å². The molecule has 0 saturated heterocycles. The topological polar surface area (TPSA) is 92.8 Å². The van der Waals surface area contributed by atoms with Gasteiger partial charge in [0.2, 0.25) is 10.0 Å². The lowest BCUT2D eigenvalue weighted by molar-refractivity contribution is -0.133. The minimum atomic E-state index is -3.75. The fourth-order valence-corrected chi connectivity index (χ4v) is 3.59. The fraction of sp³-hybridized carbons (Fsp3) is 0.222. The van der Waals surface area contributed by atoms with Crippen molar-refractivity contribution in [2.24, 2.45) is 0 Å². The SMILES string of the molecule is CNS(=O)(=O)c1ccc(Cl)c(C(=O)OCC(=O)N(C)Cc2ccccc2Br)c1. The predicted octanol–water partition coefficient (Wildman–Crippen LogP) is 2.83. The van der Waals surface area contributed by atoms with E-state index in [-0.39, 0.29) is 15.5 Å². The third-order valence-electron chi connectivity index (χ3n) is 3.85. The van der Waals surface area contributed by atoms with Crippen LogP contribution in [0.4, 0.5) is 0 Å². The molecule has 0 spiro atoms. The highest BCUT2D eigenvalue weighted by Gasteiger charge is 2.20. The fourth-order valence-electron chi connectivity index (χ4n) is 2.23. The molecular formula is C18H18BrClN2O5S. The summed E-state index contributed by atoms with van der Waals surface area (Å²) in [6, 6.07) is 11.1. The van der Waals surface area contributed by atoms with Crippen LogP contribution < -0.4 is 4.72 Å². The van der Waals surface area contributed by atoms with Crippen LogP contribution in [-0.2, 0) is 26.1 Å². The van der Waals surface area contributed by atoms with Gasteiger partial charge in [-0.1, -0.05) is 45.7 Å². The maximum atomic E-state index is 12.3. The number of esters is 1. The second kappa shape index (κ2) is 9.51. The molecule has 0 bridgehead atoms. The Labute approximate surface area is 176 Å². The number of halogens is 2. The van der Waals surface area contributed by atoms with Gasteiger partial charge in [-0.05, 0) is 36.9 Å². The molecule has 0 aliphatic carbocycles. The van der Waals surface area contributed by atoms with Gasteiger partial charge in [-0.2, -0.15) is 0 Å². The summed E-state index contributed by atoms with van der Waals surface area (Å²) in [5.41, 5.74) is 0.761. The highest BCUT2D eigenvalue weighted by molar-refractivity contribution is 9.10. The zero-order valence-electron chi connectivity index (χ0n) is 15.1. The second-order valence-electron chi connectivity index (χ2n) is 5.77. The molecule has 2 rings (SSSR count). The van der Waals surface area contributed by atoms with E-state index in [0.29, 0.717) is 6.54 Å². The molecular weight excluding hydrogens is 472 g/mol. The lowest BCUT2D eigenvalue weighted by atomic mass is 10.2. The molecule has 0 atom stereocenters. The lowest BCUT2D eigenvalue weighted by Gasteiger charge is -2.18. The molecule has 28 heavy (non-hydrogen) atoms. The molecule has 0 heterocycles. The first-order valence-corrected chi connectivity index (χ1v) is 10.7. The Morgan fingerprint density at radius 2 is 1.89 bits per heavy atom. The Bertz CT molecular complexity index is 997. The summed E-state index contributed by atoms with van der Waals surface area (Å²) in [6.45, 7) is -0.173. The van der Waals surface area contributed by atoms with Crippen molar-refractivity contribution < 1.29 is 22.7 Å². The summed E-state index contributed by atoms with van der Waals surface area (Å²) in [6.07, 6.45) is 0. The standard InChI is InChI=1S/C18H18BrClN2O5S/c1-21-28(25,26)13-7-8-16(20)14(9-13)18(24)27-11-17(23)22(2)10-12-5-3-4-6-15(12)19/h3-9,21H,10-11H2,1-2H3. The van der Waals surface area contributed by atoms with Crippen molar-refractivity contribution in [2.45, 2.75) is 11.4 Å². The lowest BCUT2D eigenvalue weighted by Crippen LogP contribution is -2.31. The van der Waals surface area contributed by atoms with Gasteiger partial charge in [0.15, 0.2) is 6.61 Å². The molecule has 1 amide bonds. The van der Waals surface area contributed by atoms with Crippen molar-refractivity contribution in [2.75, 3.05) is 20.7 Å². The van der Waals surface area contributed by atoms with Crippen molar-refractivity contribution in [3.8, 4) is 0 Å². The molecule has 0 fully saturated rings. The Morgan fingerprint density at radius 1 is 1.21 bits per heavy atom. The predicted molar refractivity (Wildman–Crippen MR) is 109 cm³/mol. The Kier molecular flexibility index (Phi) is 7.59. The largest absolute Gasteiger partial charge is 0.452 e. The molecule has 2 aromatic carbocycles. The molecule has 0 aromatic heterocycles. The second-order valence-corrected chi connectivity index (χ2v) is 8.91. The van der Waals surface area contributed by atoms with Crippen LogP contribution in [0.3, 0.4) is 0 Å². The third kappa shape index (κ3) is 5.54. The average Bonchev–Trinajstić information content (AvgIpc) is 2.67. The highest BCUT2D eigenvalue weighted by Crippen LogP contribution is 2.21. The van der Waals surface area contributed by atoms with Gasteiger partial charge in [0.1, 0.15) is 0 Å². The van der Waals surface area contributed by atoms with E-state index in [9.17, 15) is 18.0 Å². The molecule has 150 valence electrons. The van der Waals surface area contributed by atoms with E-state index < -0.39 is 28.5 Å². The van der Waals surface area contributed by atoms with Gasteiger partial charge >= 0.3 is 5.97 Å². The van der Waals surface area contributed by atoms with Crippen molar-refractivity contribution >= 4 is 49.4 Å². The normalized spacial score (nSPS) is 11.1. The van der Waals surface area contributed by atoms with E-state index in [0.717, 1.165) is 16.1 Å². The monoisotopic (exact) mass is 488 g/mol. The summed E-state index contributed by atoms with van der Waals surface area (Å²) in [4.78, 5) is 25.8. The third-order valence-corrected chi connectivity index (χ3v) is 6.37. The average molecular weight is 490 g/mol. The number of carbonyl (C=O) groups excluding carboxylic acids is 2. The minimum absolute atomic E-state index is 0.0223. The summed E-state index contributed by atoms with van der Waals surface area (Å²) in [7, 11) is -0.913. The van der Waals surface area contributed by atoms with Gasteiger partial charge in [0, 0.05) is 18.1 Å². The van der Waals surface area contributed by atoms with Crippen LogP contribution in [0.2, 0.25) is 5.02 Å². The number of nitrogens with zero attached hydrogens (tertiary/aromatic N) is 1. The number of ether oxygens (including phenoxy) is 1. The zero-order chi connectivity index (χ0) is 20.9. The maximum Gasteiger partial charge on any atom is 0.340 e. The van der Waals surface area contributed by atoms with Gasteiger partial charge in [-0.25, -0.2) is 17.9 Å². The minimum Gasteiger partial charge on any atom is -0.452 e. The van der Waals surface area contributed by atoms with E-state index in [1.54, 1.807) is 7.05 Å². The van der Waals surface area contributed by atoms with Gasteiger partial charge in [-0.15, -0.1) is 0 Å². The summed E-state index contributed by atoms with van der Waals surface area (Å²) in [5, 5.41) is 0.0223. The highest BCUT2D eigenvalue weighted by atomic mass is 79.9. The number of hydrogen-bond acceptors (Lipinski definition) is 5. The van der Waals surface area contributed by atoms with Gasteiger partial charge in [0.25, 0.3) is 5.91 Å². The molecule has 1 N–H and O–H groups in total. The zero-order valence-corrected chi connectivity index (χ0v) is 18.3. The van der Waals surface area contributed by atoms with E-state index in [2.05, 4.69) is 20.7 Å². The van der Waals surface area contributed by atoms with Crippen LogP contribution in [0.1, 0.15) is 15.9 Å². The molecule has 0 aliphatic heterocycles. The molecule has 0 radical (unpaired) electrons. The van der Waals surface area contributed by atoms with E-state index in [4.69, 9.17) is 16.3 Å². The number of benzene rings is 2. The Hall–Kier alpha value is -1.94. The first-order valence-electron chi connectivity index (χ1n) is 8.03. The van der Waals surface area contributed by atoms with Crippen LogP contribution in [0.5, 0.6) is 0 Å². The smallest absolute Gasteiger partial charge is 0.340 e. The Balaban J connectivity index is 2.04. The number of carbonyl (C=O) groups is 2. The van der Waals surface area contributed by atoms with E-state index in [1.807, 2.05) is 24.3 Å². The van der Waals surface area contributed by atoms with Crippen LogP contribution in [0, 0.1) is 0 Å². The Morgan fingerprint density at radius 3 is 2.54 bits per heavy atom. The molecule has 7 nitrogen and oxygen atoms in total. The van der Waals surface area contributed by atoms with Crippen LogP contribution in [0.15, 0.2) is 51.8 Å². The number of amides is 1. The molecule has 0 unspecified atom stereocenters. The number of likely N-dealkylation sites (N-methyl/N-ethyl adjacent to an activating group) is 1. The van der Waals surface area contributed by atoms with E-state index in [1.165, 1.54) is 24.1 Å². The summed E-state index contributed by atoms with van der Waals surface area (Å²) in [5.74, 6) is -1.31. The molecule has 0 saturated carbocycles. The van der Waals surface area contributed by atoms with Gasteiger partial charge < -0.3 is 9.64 Å². The summed E-state index contributed by atoms with van der Waals surface area (Å²) >= 11 is 9.38. The molecule has 0 aliphatic rings. The molecule has 10 heteroatoms. The van der Waals surface area contributed by atoms with Crippen molar-refractivity contribution in [3.63, 3.8) is 0 Å².